The zero-order valence-corrected chi connectivity index (χ0v) is 12.8. The van der Waals surface area contributed by atoms with Crippen LogP contribution >= 0.6 is 34.4 Å². The highest BCUT2D eigenvalue weighted by Gasteiger charge is 2.08. The van der Waals surface area contributed by atoms with Crippen molar-refractivity contribution in [3.05, 3.63) is 27.8 Å². The SMILES string of the molecule is CC(CCN)SCC(=O)Nc1ccccc1I. The van der Waals surface area contributed by atoms with Crippen LogP contribution in [0.1, 0.15) is 13.3 Å². The summed E-state index contributed by atoms with van der Waals surface area (Å²) >= 11 is 3.85. The van der Waals surface area contributed by atoms with Crippen molar-refractivity contribution in [2.45, 2.75) is 18.6 Å². The minimum absolute atomic E-state index is 0.0444. The van der Waals surface area contributed by atoms with Crippen molar-refractivity contribution in [3.63, 3.8) is 0 Å². The Labute approximate surface area is 120 Å². The lowest BCUT2D eigenvalue weighted by Gasteiger charge is -2.10. The summed E-state index contributed by atoms with van der Waals surface area (Å²) in [5, 5.41) is 3.34. The molecule has 1 atom stereocenters. The van der Waals surface area contributed by atoms with E-state index in [1.54, 1.807) is 11.8 Å². The van der Waals surface area contributed by atoms with Gasteiger partial charge in [0.25, 0.3) is 0 Å². The van der Waals surface area contributed by atoms with Crippen LogP contribution in [0.3, 0.4) is 0 Å². The van der Waals surface area contributed by atoms with E-state index < -0.39 is 0 Å². The first-order valence-electron chi connectivity index (χ1n) is 5.49. The summed E-state index contributed by atoms with van der Waals surface area (Å²) in [5.41, 5.74) is 6.34. The van der Waals surface area contributed by atoms with Crippen LogP contribution in [-0.2, 0) is 4.79 Å². The van der Waals surface area contributed by atoms with E-state index in [0.29, 0.717) is 17.5 Å². The number of amides is 1. The van der Waals surface area contributed by atoms with Crippen LogP contribution in [0.25, 0.3) is 0 Å². The number of rotatable bonds is 6. The average molecular weight is 364 g/mol. The number of anilines is 1. The molecule has 0 saturated carbocycles. The Morgan fingerprint density at radius 3 is 2.88 bits per heavy atom. The van der Waals surface area contributed by atoms with Crippen molar-refractivity contribution >= 4 is 45.9 Å². The quantitative estimate of drug-likeness (QED) is 0.764. The van der Waals surface area contributed by atoms with Gasteiger partial charge in [-0.25, -0.2) is 0 Å². The molecule has 1 aromatic carbocycles. The highest BCUT2D eigenvalue weighted by atomic mass is 127. The lowest BCUT2D eigenvalue weighted by atomic mass is 10.3. The van der Waals surface area contributed by atoms with Crippen LogP contribution < -0.4 is 11.1 Å². The number of hydrogen-bond acceptors (Lipinski definition) is 3. The summed E-state index contributed by atoms with van der Waals surface area (Å²) in [6.45, 7) is 2.77. The van der Waals surface area contributed by atoms with E-state index in [4.69, 9.17) is 5.73 Å². The molecule has 3 nitrogen and oxygen atoms in total. The summed E-state index contributed by atoms with van der Waals surface area (Å²) in [4.78, 5) is 11.7. The number of para-hydroxylation sites is 1. The molecule has 0 aliphatic carbocycles. The molecule has 0 bridgehead atoms. The minimum Gasteiger partial charge on any atom is -0.330 e. The second-order valence-corrected chi connectivity index (χ2v) is 6.32. The Hall–Kier alpha value is -0.270. The molecule has 0 radical (unpaired) electrons. The van der Waals surface area contributed by atoms with E-state index in [9.17, 15) is 4.79 Å². The van der Waals surface area contributed by atoms with Crippen LogP contribution in [0.15, 0.2) is 24.3 Å². The number of carbonyl (C=O) groups is 1. The van der Waals surface area contributed by atoms with Crippen LogP contribution in [0.2, 0.25) is 0 Å². The van der Waals surface area contributed by atoms with Gasteiger partial charge in [-0.1, -0.05) is 19.1 Å². The van der Waals surface area contributed by atoms with Gasteiger partial charge < -0.3 is 11.1 Å². The molecule has 0 heterocycles. The predicted molar refractivity (Wildman–Crippen MR) is 83.4 cm³/mol. The van der Waals surface area contributed by atoms with Gasteiger partial charge in [0.1, 0.15) is 0 Å². The van der Waals surface area contributed by atoms with Crippen LogP contribution in [-0.4, -0.2) is 23.5 Å². The van der Waals surface area contributed by atoms with E-state index >= 15 is 0 Å². The van der Waals surface area contributed by atoms with Crippen LogP contribution in [0.5, 0.6) is 0 Å². The fourth-order valence-corrected chi connectivity index (χ4v) is 2.62. The summed E-state index contributed by atoms with van der Waals surface area (Å²) in [5.74, 6) is 0.523. The van der Waals surface area contributed by atoms with Crippen LogP contribution in [0.4, 0.5) is 5.69 Å². The lowest BCUT2D eigenvalue weighted by Crippen LogP contribution is -2.17. The van der Waals surface area contributed by atoms with Crippen molar-refractivity contribution in [3.8, 4) is 0 Å². The normalized spacial score (nSPS) is 12.2. The van der Waals surface area contributed by atoms with Gasteiger partial charge in [0, 0.05) is 8.82 Å². The first-order chi connectivity index (χ1) is 8.13. The van der Waals surface area contributed by atoms with Crippen molar-refractivity contribution in [2.75, 3.05) is 17.6 Å². The molecule has 0 spiro atoms. The molecule has 1 rings (SSSR count). The average Bonchev–Trinajstić information content (AvgIpc) is 2.30. The summed E-state index contributed by atoms with van der Waals surface area (Å²) in [6, 6.07) is 7.76. The van der Waals surface area contributed by atoms with E-state index in [0.717, 1.165) is 15.7 Å². The summed E-state index contributed by atoms with van der Waals surface area (Å²) < 4.78 is 1.05. The maximum Gasteiger partial charge on any atom is 0.234 e. The van der Waals surface area contributed by atoms with Crippen LogP contribution in [0, 0.1) is 3.57 Å². The molecule has 5 heteroatoms. The molecule has 0 saturated heterocycles. The van der Waals surface area contributed by atoms with Gasteiger partial charge in [-0.05, 0) is 47.7 Å². The third-order valence-electron chi connectivity index (χ3n) is 2.22. The number of nitrogens with two attached hydrogens (primary N) is 1. The molecule has 0 fully saturated rings. The Morgan fingerprint density at radius 1 is 1.53 bits per heavy atom. The maximum atomic E-state index is 11.7. The molecule has 1 unspecified atom stereocenters. The Kier molecular flexibility index (Phi) is 6.91. The number of carbonyl (C=O) groups excluding carboxylic acids is 1. The largest absolute Gasteiger partial charge is 0.330 e. The first-order valence-corrected chi connectivity index (χ1v) is 7.62. The number of halogens is 1. The lowest BCUT2D eigenvalue weighted by molar-refractivity contribution is -0.113. The van der Waals surface area contributed by atoms with Gasteiger partial charge in [-0.3, -0.25) is 4.79 Å². The Morgan fingerprint density at radius 2 is 2.24 bits per heavy atom. The third-order valence-corrected chi connectivity index (χ3v) is 4.39. The summed E-state index contributed by atoms with van der Waals surface area (Å²) in [7, 11) is 0. The number of hydrogen-bond donors (Lipinski definition) is 2. The molecular weight excluding hydrogens is 347 g/mol. The summed E-state index contributed by atoms with van der Waals surface area (Å²) in [6.07, 6.45) is 0.945. The second kappa shape index (κ2) is 7.94. The first kappa shape index (κ1) is 14.8. The van der Waals surface area contributed by atoms with Gasteiger partial charge >= 0.3 is 0 Å². The molecule has 1 aromatic rings. The molecule has 1 amide bonds. The Bertz CT molecular complexity index is 373. The molecule has 94 valence electrons. The number of benzene rings is 1. The smallest absolute Gasteiger partial charge is 0.234 e. The molecule has 17 heavy (non-hydrogen) atoms. The fourth-order valence-electron chi connectivity index (χ4n) is 1.28. The highest BCUT2D eigenvalue weighted by molar-refractivity contribution is 14.1. The van der Waals surface area contributed by atoms with Gasteiger partial charge in [0.05, 0.1) is 11.4 Å². The fraction of sp³-hybridized carbons (Fsp3) is 0.417. The van der Waals surface area contributed by atoms with Gasteiger partial charge in [0.15, 0.2) is 0 Å². The van der Waals surface area contributed by atoms with Crippen molar-refractivity contribution in [2.24, 2.45) is 5.73 Å². The third kappa shape index (κ3) is 5.74. The zero-order valence-electron chi connectivity index (χ0n) is 9.78. The monoisotopic (exact) mass is 364 g/mol. The van der Waals surface area contributed by atoms with E-state index in [2.05, 4.69) is 34.8 Å². The van der Waals surface area contributed by atoms with Crippen molar-refractivity contribution < 1.29 is 4.79 Å². The maximum absolute atomic E-state index is 11.7. The molecule has 3 N–H and O–H groups in total. The highest BCUT2D eigenvalue weighted by Crippen LogP contribution is 2.18. The topological polar surface area (TPSA) is 55.1 Å². The number of thioether (sulfide) groups is 1. The molecule has 0 aromatic heterocycles. The second-order valence-electron chi connectivity index (χ2n) is 3.73. The predicted octanol–water partition coefficient (Wildman–Crippen LogP) is 2.70. The van der Waals surface area contributed by atoms with E-state index in [1.807, 2.05) is 24.3 Å². The van der Waals surface area contributed by atoms with Gasteiger partial charge in [-0.15, -0.1) is 11.8 Å². The van der Waals surface area contributed by atoms with Gasteiger partial charge in [-0.2, -0.15) is 0 Å². The number of nitrogens with one attached hydrogen (secondary N) is 1. The molecule has 0 aliphatic rings. The van der Waals surface area contributed by atoms with Crippen molar-refractivity contribution in [1.82, 2.24) is 0 Å². The minimum atomic E-state index is 0.0444. The molecular formula is C12H17IN2OS. The Balaban J connectivity index is 2.37. The standard InChI is InChI=1S/C12H17IN2OS/c1-9(6-7-14)17-8-12(16)15-11-5-3-2-4-10(11)13/h2-5,9H,6-8,14H2,1H3,(H,15,16). The van der Waals surface area contributed by atoms with Gasteiger partial charge in [0.2, 0.25) is 5.91 Å². The van der Waals surface area contributed by atoms with Crippen molar-refractivity contribution in [1.29, 1.82) is 0 Å². The van der Waals surface area contributed by atoms with E-state index in [1.165, 1.54) is 0 Å². The zero-order chi connectivity index (χ0) is 12.7. The van der Waals surface area contributed by atoms with E-state index in [-0.39, 0.29) is 5.91 Å². The molecule has 0 aliphatic heterocycles.